The van der Waals surface area contributed by atoms with Crippen LogP contribution >= 0.6 is 15.9 Å². The Morgan fingerprint density at radius 1 is 1.42 bits per heavy atom. The van der Waals surface area contributed by atoms with Gasteiger partial charge in [-0.15, -0.1) is 0 Å². The van der Waals surface area contributed by atoms with Crippen molar-refractivity contribution in [3.63, 3.8) is 0 Å². The van der Waals surface area contributed by atoms with Crippen molar-refractivity contribution in [3.05, 3.63) is 15.9 Å². The van der Waals surface area contributed by atoms with Crippen LogP contribution in [0.5, 0.6) is 0 Å². The third-order valence-corrected chi connectivity index (χ3v) is 6.48. The first kappa shape index (κ1) is 16.7. The highest BCUT2D eigenvalue weighted by Gasteiger charge is 2.29. The van der Waals surface area contributed by atoms with Gasteiger partial charge in [0.25, 0.3) is 0 Å². The molecule has 1 rings (SSSR count). The number of nitrogens with zero attached hydrogens (tertiary/aromatic N) is 2. The molecule has 1 heterocycles. The molecular formula is C12H22BrN3O2S. The fourth-order valence-electron chi connectivity index (χ4n) is 1.65. The van der Waals surface area contributed by atoms with Gasteiger partial charge in [0.15, 0.2) is 9.84 Å². The Hall–Kier alpha value is -0.400. The first-order valence-corrected chi connectivity index (χ1v) is 8.90. The van der Waals surface area contributed by atoms with E-state index in [4.69, 9.17) is 0 Å². The van der Waals surface area contributed by atoms with E-state index in [1.807, 2.05) is 18.5 Å². The summed E-state index contributed by atoms with van der Waals surface area (Å²) in [5, 5.41) is 7.61. The number of aryl methyl sites for hydroxylation is 2. The molecule has 0 saturated heterocycles. The van der Waals surface area contributed by atoms with Gasteiger partial charge in [-0.05, 0) is 43.6 Å². The Morgan fingerprint density at radius 2 is 2.00 bits per heavy atom. The van der Waals surface area contributed by atoms with Gasteiger partial charge in [-0.25, -0.2) is 8.42 Å². The maximum Gasteiger partial charge on any atom is 0.153 e. The van der Waals surface area contributed by atoms with Crippen molar-refractivity contribution in [2.24, 2.45) is 0 Å². The van der Waals surface area contributed by atoms with E-state index < -0.39 is 14.6 Å². The minimum absolute atomic E-state index is 0.409. The molecule has 1 aromatic heterocycles. The largest absolute Gasteiger partial charge is 0.310 e. The van der Waals surface area contributed by atoms with Gasteiger partial charge < -0.3 is 5.32 Å². The van der Waals surface area contributed by atoms with Crippen LogP contribution in [0.3, 0.4) is 0 Å². The van der Waals surface area contributed by atoms with E-state index in [1.54, 1.807) is 13.8 Å². The smallest absolute Gasteiger partial charge is 0.153 e. The second-order valence-electron chi connectivity index (χ2n) is 5.30. The van der Waals surface area contributed by atoms with Crippen LogP contribution < -0.4 is 5.32 Å². The van der Waals surface area contributed by atoms with E-state index in [0.29, 0.717) is 13.1 Å². The minimum atomic E-state index is -3.07. The fraction of sp³-hybridized carbons (Fsp3) is 0.750. The summed E-state index contributed by atoms with van der Waals surface area (Å²) in [6.07, 6.45) is 1.27. The van der Waals surface area contributed by atoms with E-state index in [-0.39, 0.29) is 0 Å². The lowest BCUT2D eigenvalue weighted by atomic mass is 10.2. The molecule has 110 valence electrons. The number of nitrogens with one attached hydrogen (secondary N) is 1. The second-order valence-corrected chi connectivity index (χ2v) is 8.74. The van der Waals surface area contributed by atoms with Crippen LogP contribution in [0.1, 0.15) is 32.2 Å². The highest BCUT2D eigenvalue weighted by molar-refractivity contribution is 9.10. The van der Waals surface area contributed by atoms with Gasteiger partial charge in [0.1, 0.15) is 0 Å². The maximum absolute atomic E-state index is 11.6. The predicted molar refractivity (Wildman–Crippen MR) is 81.0 cm³/mol. The molecule has 5 nitrogen and oxygen atoms in total. The van der Waals surface area contributed by atoms with Crippen molar-refractivity contribution >= 4 is 25.8 Å². The van der Waals surface area contributed by atoms with E-state index >= 15 is 0 Å². The lowest BCUT2D eigenvalue weighted by molar-refractivity contribution is 0.509. The van der Waals surface area contributed by atoms with Crippen molar-refractivity contribution in [1.82, 2.24) is 15.1 Å². The number of rotatable bonds is 6. The van der Waals surface area contributed by atoms with Crippen molar-refractivity contribution in [2.45, 2.75) is 45.5 Å². The zero-order valence-corrected chi connectivity index (χ0v) is 14.5. The normalized spacial score (nSPS) is 12.9. The number of halogens is 1. The summed E-state index contributed by atoms with van der Waals surface area (Å²) in [6.45, 7) is 9.22. The summed E-state index contributed by atoms with van der Waals surface area (Å²) in [5.74, 6) is 0. The van der Waals surface area contributed by atoms with Crippen molar-refractivity contribution in [1.29, 1.82) is 0 Å². The minimum Gasteiger partial charge on any atom is -0.310 e. The van der Waals surface area contributed by atoms with E-state index in [2.05, 4.69) is 26.3 Å². The van der Waals surface area contributed by atoms with Crippen molar-refractivity contribution < 1.29 is 8.42 Å². The van der Waals surface area contributed by atoms with Crippen LogP contribution in [0.25, 0.3) is 0 Å². The fourth-order valence-corrected chi connectivity index (χ4v) is 2.44. The average Bonchev–Trinajstić information content (AvgIpc) is 2.55. The van der Waals surface area contributed by atoms with Gasteiger partial charge in [-0.3, -0.25) is 4.68 Å². The molecule has 0 saturated carbocycles. The SMILES string of the molecule is CCn1nc(C)c(Br)c1CNCC(C)(C)S(C)(=O)=O. The third-order valence-electron chi connectivity index (χ3n) is 3.30. The summed E-state index contributed by atoms with van der Waals surface area (Å²) >= 11 is 3.52. The third kappa shape index (κ3) is 3.79. The highest BCUT2D eigenvalue weighted by atomic mass is 79.9. The molecule has 0 atom stereocenters. The lowest BCUT2D eigenvalue weighted by Crippen LogP contribution is -2.41. The van der Waals surface area contributed by atoms with Crippen molar-refractivity contribution in [2.75, 3.05) is 12.8 Å². The molecular weight excluding hydrogens is 330 g/mol. The van der Waals surface area contributed by atoms with Crippen LogP contribution in [-0.2, 0) is 22.9 Å². The van der Waals surface area contributed by atoms with Gasteiger partial charge in [0.05, 0.1) is 20.6 Å². The maximum atomic E-state index is 11.6. The first-order valence-electron chi connectivity index (χ1n) is 6.22. The molecule has 0 radical (unpaired) electrons. The van der Waals surface area contributed by atoms with Crippen LogP contribution in [0.2, 0.25) is 0 Å². The summed E-state index contributed by atoms with van der Waals surface area (Å²) in [6, 6.07) is 0. The monoisotopic (exact) mass is 351 g/mol. The van der Waals surface area contributed by atoms with Gasteiger partial charge in [-0.2, -0.15) is 5.10 Å². The van der Waals surface area contributed by atoms with E-state index in [0.717, 1.165) is 22.4 Å². The number of hydrogen-bond acceptors (Lipinski definition) is 4. The molecule has 1 N–H and O–H groups in total. The number of aromatic nitrogens is 2. The molecule has 0 aliphatic heterocycles. The van der Waals surface area contributed by atoms with E-state index in [9.17, 15) is 8.42 Å². The highest BCUT2D eigenvalue weighted by Crippen LogP contribution is 2.21. The van der Waals surface area contributed by atoms with Gasteiger partial charge in [-0.1, -0.05) is 0 Å². The summed E-state index contributed by atoms with van der Waals surface area (Å²) in [7, 11) is -3.07. The van der Waals surface area contributed by atoms with E-state index in [1.165, 1.54) is 6.26 Å². The standard InChI is InChI=1S/C12H22BrN3O2S/c1-6-16-10(11(13)9(2)15-16)7-14-8-12(3,4)19(5,17)18/h14H,6-8H2,1-5H3. The van der Waals surface area contributed by atoms with Crippen LogP contribution in [-0.4, -0.2) is 35.7 Å². The Balaban J connectivity index is 2.74. The zero-order valence-electron chi connectivity index (χ0n) is 12.1. The molecule has 0 aliphatic carbocycles. The summed E-state index contributed by atoms with van der Waals surface area (Å²) in [4.78, 5) is 0. The topological polar surface area (TPSA) is 64.0 Å². The van der Waals surface area contributed by atoms with Gasteiger partial charge in [0.2, 0.25) is 0 Å². The zero-order chi connectivity index (χ0) is 14.8. The molecule has 0 unspecified atom stereocenters. The number of sulfone groups is 1. The average molecular weight is 352 g/mol. The molecule has 7 heteroatoms. The Kier molecular flexibility index (Phi) is 5.20. The quantitative estimate of drug-likeness (QED) is 0.849. The summed E-state index contributed by atoms with van der Waals surface area (Å²) < 4.78 is 25.4. The molecule has 0 bridgehead atoms. The van der Waals surface area contributed by atoms with Gasteiger partial charge in [0, 0.05) is 25.9 Å². The molecule has 0 spiro atoms. The lowest BCUT2D eigenvalue weighted by Gasteiger charge is -2.23. The van der Waals surface area contributed by atoms with Crippen LogP contribution in [0, 0.1) is 6.92 Å². The molecule has 0 amide bonds. The Morgan fingerprint density at radius 3 is 2.47 bits per heavy atom. The van der Waals surface area contributed by atoms with Crippen molar-refractivity contribution in [3.8, 4) is 0 Å². The van der Waals surface area contributed by atoms with Crippen LogP contribution in [0.15, 0.2) is 4.47 Å². The summed E-state index contributed by atoms with van der Waals surface area (Å²) in [5.41, 5.74) is 1.99. The first-order chi connectivity index (χ1) is 8.60. The Bertz CT molecular complexity index is 550. The molecule has 1 aromatic rings. The molecule has 0 aliphatic rings. The predicted octanol–water partition coefficient (Wildman–Crippen LogP) is 1.89. The van der Waals surface area contributed by atoms with Crippen LogP contribution in [0.4, 0.5) is 0 Å². The molecule has 0 fully saturated rings. The molecule has 0 aromatic carbocycles. The second kappa shape index (κ2) is 5.93. The van der Waals surface area contributed by atoms with Gasteiger partial charge >= 0.3 is 0 Å². The Labute approximate surface area is 123 Å². The molecule has 19 heavy (non-hydrogen) atoms. The number of hydrogen-bond donors (Lipinski definition) is 1.